The topological polar surface area (TPSA) is 65.3 Å². The van der Waals surface area contributed by atoms with Crippen molar-refractivity contribution in [1.29, 1.82) is 0 Å². The number of ether oxygens (including phenoxy) is 2. The Labute approximate surface area is 181 Å². The molecule has 1 aliphatic rings. The molecule has 4 rings (SSSR count). The van der Waals surface area contributed by atoms with Gasteiger partial charge >= 0.3 is 0 Å². The molecule has 2 heterocycles. The van der Waals surface area contributed by atoms with Crippen LogP contribution in [0.2, 0.25) is 0 Å². The molecule has 1 saturated heterocycles. The lowest BCUT2D eigenvalue weighted by molar-refractivity contribution is 0.148. The van der Waals surface area contributed by atoms with Gasteiger partial charge in [0.15, 0.2) is 5.82 Å². The number of rotatable bonds is 7. The Hall–Kier alpha value is -3.00. The number of hydrogen-bond donors (Lipinski definition) is 0. The van der Waals surface area contributed by atoms with Crippen LogP contribution in [-0.2, 0) is 6.54 Å². The molecule has 0 amide bonds. The van der Waals surface area contributed by atoms with Gasteiger partial charge < -0.3 is 9.47 Å². The average molecular weight is 426 g/mol. The van der Waals surface area contributed by atoms with E-state index in [4.69, 9.17) is 9.47 Å². The van der Waals surface area contributed by atoms with Gasteiger partial charge in [0.25, 0.3) is 0 Å². The van der Waals surface area contributed by atoms with Crippen molar-refractivity contribution < 1.29 is 13.9 Å². The first-order valence-electron chi connectivity index (χ1n) is 10.6. The van der Waals surface area contributed by atoms with E-state index < -0.39 is 0 Å². The predicted molar refractivity (Wildman–Crippen MR) is 115 cm³/mol. The van der Waals surface area contributed by atoms with Crippen LogP contribution in [0.5, 0.6) is 11.5 Å². The highest BCUT2D eigenvalue weighted by Crippen LogP contribution is 2.37. The van der Waals surface area contributed by atoms with Crippen molar-refractivity contribution in [3.05, 3.63) is 65.2 Å². The second kappa shape index (κ2) is 9.43. The van der Waals surface area contributed by atoms with Crippen molar-refractivity contribution in [1.82, 2.24) is 25.1 Å². The fourth-order valence-corrected chi connectivity index (χ4v) is 4.11. The van der Waals surface area contributed by atoms with Gasteiger partial charge in [-0.1, -0.05) is 19.1 Å². The van der Waals surface area contributed by atoms with Crippen LogP contribution in [0.1, 0.15) is 42.8 Å². The highest BCUT2D eigenvalue weighted by molar-refractivity contribution is 5.44. The summed E-state index contributed by atoms with van der Waals surface area (Å²) >= 11 is 0. The van der Waals surface area contributed by atoms with Gasteiger partial charge in [0, 0.05) is 11.6 Å². The normalized spacial score (nSPS) is 16.3. The summed E-state index contributed by atoms with van der Waals surface area (Å²) in [5.41, 5.74) is 1.93. The Morgan fingerprint density at radius 2 is 1.81 bits per heavy atom. The van der Waals surface area contributed by atoms with Gasteiger partial charge in [0.2, 0.25) is 0 Å². The minimum atomic E-state index is -0.260. The quantitative estimate of drug-likeness (QED) is 0.575. The molecule has 0 N–H and O–H groups in total. The fourth-order valence-electron chi connectivity index (χ4n) is 4.11. The number of nitrogens with zero attached hydrogens (tertiary/aromatic N) is 5. The van der Waals surface area contributed by atoms with Crippen molar-refractivity contribution >= 4 is 0 Å². The van der Waals surface area contributed by atoms with E-state index in [0.717, 1.165) is 54.4 Å². The molecule has 0 aliphatic carbocycles. The lowest BCUT2D eigenvalue weighted by Gasteiger charge is -2.36. The Bertz CT molecular complexity index is 999. The highest BCUT2D eigenvalue weighted by Gasteiger charge is 2.32. The molecule has 0 saturated carbocycles. The van der Waals surface area contributed by atoms with Gasteiger partial charge in [0.05, 0.1) is 20.8 Å². The van der Waals surface area contributed by atoms with E-state index in [1.54, 1.807) is 31.0 Å². The molecule has 1 aliphatic heterocycles. The monoisotopic (exact) mass is 425 g/mol. The SMILES string of the molecule is COc1ccc([C@H](c2nnnn2Cc2ccc(F)cc2)N2CCC(C)CC2)c(OC)c1. The molecule has 1 aromatic heterocycles. The zero-order valence-electron chi connectivity index (χ0n) is 18.2. The van der Waals surface area contributed by atoms with Gasteiger partial charge in [-0.15, -0.1) is 5.10 Å². The molecule has 31 heavy (non-hydrogen) atoms. The van der Waals surface area contributed by atoms with Gasteiger partial charge in [-0.25, -0.2) is 9.07 Å². The number of halogens is 1. The molecule has 1 atom stereocenters. The summed E-state index contributed by atoms with van der Waals surface area (Å²) < 4.78 is 26.2. The van der Waals surface area contributed by atoms with Crippen molar-refractivity contribution in [2.75, 3.05) is 27.3 Å². The zero-order valence-corrected chi connectivity index (χ0v) is 18.2. The molecule has 7 nitrogen and oxygen atoms in total. The minimum Gasteiger partial charge on any atom is -0.497 e. The first kappa shape index (κ1) is 21.2. The van der Waals surface area contributed by atoms with Crippen molar-refractivity contribution in [3.63, 3.8) is 0 Å². The van der Waals surface area contributed by atoms with E-state index in [0.29, 0.717) is 12.5 Å². The van der Waals surface area contributed by atoms with E-state index in [-0.39, 0.29) is 11.9 Å². The number of hydrogen-bond acceptors (Lipinski definition) is 6. The Morgan fingerprint density at radius 1 is 1.06 bits per heavy atom. The van der Waals surface area contributed by atoms with Crippen LogP contribution in [0.4, 0.5) is 4.39 Å². The number of tetrazole rings is 1. The highest BCUT2D eigenvalue weighted by atomic mass is 19.1. The molecule has 8 heteroatoms. The van der Waals surface area contributed by atoms with Crippen LogP contribution in [0.25, 0.3) is 0 Å². The molecule has 0 bridgehead atoms. The van der Waals surface area contributed by atoms with Crippen molar-refractivity contribution in [3.8, 4) is 11.5 Å². The second-order valence-corrected chi connectivity index (χ2v) is 8.05. The zero-order chi connectivity index (χ0) is 21.8. The Morgan fingerprint density at radius 3 is 2.48 bits per heavy atom. The summed E-state index contributed by atoms with van der Waals surface area (Å²) in [5.74, 6) is 2.65. The lowest BCUT2D eigenvalue weighted by atomic mass is 9.95. The van der Waals surface area contributed by atoms with Gasteiger partial charge in [-0.3, -0.25) is 4.90 Å². The summed E-state index contributed by atoms with van der Waals surface area (Å²) in [6.07, 6.45) is 2.24. The Balaban J connectivity index is 1.74. The predicted octanol–water partition coefficient (Wildman–Crippen LogP) is 3.70. The van der Waals surface area contributed by atoms with Gasteiger partial charge in [-0.05, 0) is 72.1 Å². The first-order valence-corrected chi connectivity index (χ1v) is 10.6. The molecule has 2 aromatic carbocycles. The van der Waals surface area contributed by atoms with Crippen molar-refractivity contribution in [2.24, 2.45) is 5.92 Å². The summed E-state index contributed by atoms with van der Waals surface area (Å²) in [6, 6.07) is 12.1. The van der Waals surface area contributed by atoms with E-state index in [1.165, 1.54) is 12.1 Å². The van der Waals surface area contributed by atoms with Crippen LogP contribution in [0, 0.1) is 11.7 Å². The van der Waals surface area contributed by atoms with E-state index in [2.05, 4.69) is 27.3 Å². The molecule has 1 fully saturated rings. The standard InChI is InChI=1S/C23H28FN5O2/c1-16-10-12-28(13-11-16)22(20-9-8-19(30-2)14-21(20)31-3)23-25-26-27-29(23)15-17-4-6-18(24)7-5-17/h4-9,14,16,22H,10-13,15H2,1-3H3/t22-/m1/s1. The third-order valence-electron chi connectivity index (χ3n) is 5.97. The molecular formula is C23H28FN5O2. The van der Waals surface area contributed by atoms with Gasteiger partial charge in [-0.2, -0.15) is 0 Å². The van der Waals surface area contributed by atoms with E-state index >= 15 is 0 Å². The summed E-state index contributed by atoms with van der Waals surface area (Å²) in [7, 11) is 3.30. The molecule has 0 radical (unpaired) electrons. The second-order valence-electron chi connectivity index (χ2n) is 8.05. The number of aromatic nitrogens is 4. The third-order valence-corrected chi connectivity index (χ3v) is 5.97. The molecule has 3 aromatic rings. The third kappa shape index (κ3) is 4.69. The van der Waals surface area contributed by atoms with Crippen LogP contribution < -0.4 is 9.47 Å². The van der Waals surface area contributed by atoms with Crippen LogP contribution in [0.3, 0.4) is 0 Å². The average Bonchev–Trinajstić information content (AvgIpc) is 3.24. The maximum Gasteiger partial charge on any atom is 0.173 e. The number of benzene rings is 2. The number of piperidine rings is 1. The number of methoxy groups -OCH3 is 2. The van der Waals surface area contributed by atoms with Crippen LogP contribution in [0.15, 0.2) is 42.5 Å². The number of likely N-dealkylation sites (tertiary alicyclic amines) is 1. The largest absolute Gasteiger partial charge is 0.497 e. The van der Waals surface area contributed by atoms with Gasteiger partial charge in [0.1, 0.15) is 23.4 Å². The maximum absolute atomic E-state index is 13.3. The molecular weight excluding hydrogens is 397 g/mol. The minimum absolute atomic E-state index is 0.163. The van der Waals surface area contributed by atoms with E-state index in [9.17, 15) is 4.39 Å². The fraction of sp³-hybridized carbons (Fsp3) is 0.435. The summed E-state index contributed by atoms with van der Waals surface area (Å²) in [6.45, 7) is 4.65. The Kier molecular flexibility index (Phi) is 6.46. The molecule has 0 spiro atoms. The van der Waals surface area contributed by atoms with Crippen LogP contribution in [-0.4, -0.2) is 52.4 Å². The summed E-state index contributed by atoms with van der Waals surface area (Å²) in [4.78, 5) is 2.41. The smallest absolute Gasteiger partial charge is 0.173 e. The van der Waals surface area contributed by atoms with E-state index in [1.807, 2.05) is 18.2 Å². The van der Waals surface area contributed by atoms with Crippen molar-refractivity contribution in [2.45, 2.75) is 32.4 Å². The first-order chi connectivity index (χ1) is 15.1. The summed E-state index contributed by atoms with van der Waals surface area (Å²) in [5, 5.41) is 12.6. The maximum atomic E-state index is 13.3. The molecule has 0 unspecified atom stereocenters. The molecule has 164 valence electrons. The lowest BCUT2D eigenvalue weighted by Crippen LogP contribution is -2.38. The van der Waals surface area contributed by atoms with Crippen LogP contribution >= 0.6 is 0 Å².